The lowest BCUT2D eigenvalue weighted by Gasteiger charge is -2.21. The van der Waals surface area contributed by atoms with Crippen molar-refractivity contribution in [1.29, 1.82) is 0 Å². The second kappa shape index (κ2) is 9.33. The maximum Gasteiger partial charge on any atom is 0.269 e. The third-order valence-electron chi connectivity index (χ3n) is 4.09. The van der Waals surface area contributed by atoms with Crippen molar-refractivity contribution in [3.05, 3.63) is 69.8 Å². The lowest BCUT2D eigenvalue weighted by molar-refractivity contribution is -0.384. The Bertz CT molecular complexity index is 799. The van der Waals surface area contributed by atoms with Gasteiger partial charge in [-0.2, -0.15) is 0 Å². The Morgan fingerprint density at radius 3 is 2.07 bits per heavy atom. The predicted molar refractivity (Wildman–Crippen MR) is 102 cm³/mol. The summed E-state index contributed by atoms with van der Waals surface area (Å²) in [7, 11) is 0. The highest BCUT2D eigenvalue weighted by molar-refractivity contribution is 5.95. The number of non-ortho nitro benzene ring substituents is 1. The summed E-state index contributed by atoms with van der Waals surface area (Å²) in [5.74, 6) is -0.838. The third-order valence-corrected chi connectivity index (χ3v) is 4.09. The van der Waals surface area contributed by atoms with E-state index >= 15 is 0 Å². The fourth-order valence-corrected chi connectivity index (χ4v) is 2.58. The molecule has 142 valence electrons. The molecule has 2 aromatic carbocycles. The van der Waals surface area contributed by atoms with Crippen LogP contribution in [0.2, 0.25) is 0 Å². The molecule has 0 atom stereocenters. The van der Waals surface area contributed by atoms with E-state index in [4.69, 9.17) is 0 Å². The lowest BCUT2D eigenvalue weighted by Crippen LogP contribution is -2.42. The standard InChI is InChI=1S/C19H22N4O4/c1-3-22(4-2)16-11-7-15(8-12-16)19(25)21-20-18(24)13-14-5-9-17(10-6-14)23(26)27/h5-12H,3-4,13H2,1-2H3,(H,20,24)(H,21,25). The van der Waals surface area contributed by atoms with Gasteiger partial charge in [-0.05, 0) is 43.7 Å². The molecule has 0 bridgehead atoms. The fourth-order valence-electron chi connectivity index (χ4n) is 2.58. The molecule has 0 saturated heterocycles. The van der Waals surface area contributed by atoms with Crippen molar-refractivity contribution in [2.24, 2.45) is 0 Å². The van der Waals surface area contributed by atoms with E-state index in [0.717, 1.165) is 18.8 Å². The van der Waals surface area contributed by atoms with Crippen LogP contribution in [0, 0.1) is 10.1 Å². The number of nitro groups is 1. The Morgan fingerprint density at radius 1 is 0.963 bits per heavy atom. The minimum absolute atomic E-state index is 0.000821. The van der Waals surface area contributed by atoms with Crippen molar-refractivity contribution in [2.75, 3.05) is 18.0 Å². The van der Waals surface area contributed by atoms with E-state index in [1.807, 2.05) is 12.1 Å². The number of benzene rings is 2. The monoisotopic (exact) mass is 370 g/mol. The Hall–Kier alpha value is -3.42. The highest BCUT2D eigenvalue weighted by Crippen LogP contribution is 2.15. The smallest absolute Gasteiger partial charge is 0.269 e. The molecule has 8 heteroatoms. The molecule has 0 aliphatic rings. The highest BCUT2D eigenvalue weighted by Gasteiger charge is 2.10. The van der Waals surface area contributed by atoms with Gasteiger partial charge < -0.3 is 4.90 Å². The van der Waals surface area contributed by atoms with E-state index in [1.54, 1.807) is 12.1 Å². The molecule has 2 aromatic rings. The van der Waals surface area contributed by atoms with E-state index in [2.05, 4.69) is 29.6 Å². The average Bonchev–Trinajstić information content (AvgIpc) is 2.68. The number of nitro benzene ring substituents is 1. The molecule has 0 heterocycles. The topological polar surface area (TPSA) is 105 Å². The zero-order chi connectivity index (χ0) is 19.8. The van der Waals surface area contributed by atoms with Crippen LogP contribution in [0.3, 0.4) is 0 Å². The van der Waals surface area contributed by atoms with Crippen LogP contribution in [0.1, 0.15) is 29.8 Å². The first kappa shape index (κ1) is 19.9. The zero-order valence-corrected chi connectivity index (χ0v) is 15.3. The van der Waals surface area contributed by atoms with Gasteiger partial charge in [-0.15, -0.1) is 0 Å². The number of hydrogen-bond donors (Lipinski definition) is 2. The quantitative estimate of drug-likeness (QED) is 0.575. The van der Waals surface area contributed by atoms with Gasteiger partial charge in [0.05, 0.1) is 11.3 Å². The number of amides is 2. The molecule has 0 aromatic heterocycles. The lowest BCUT2D eigenvalue weighted by atomic mass is 10.1. The van der Waals surface area contributed by atoms with Crippen LogP contribution in [-0.2, 0) is 11.2 Å². The van der Waals surface area contributed by atoms with Gasteiger partial charge in [-0.3, -0.25) is 30.6 Å². The van der Waals surface area contributed by atoms with Crippen molar-refractivity contribution in [3.8, 4) is 0 Å². The molecule has 0 fully saturated rings. The van der Waals surface area contributed by atoms with Gasteiger partial charge in [0.1, 0.15) is 0 Å². The van der Waals surface area contributed by atoms with Gasteiger partial charge in [0.15, 0.2) is 0 Å². The number of hydrogen-bond acceptors (Lipinski definition) is 5. The number of nitrogens with zero attached hydrogens (tertiary/aromatic N) is 2. The molecule has 0 spiro atoms. The number of carbonyl (C=O) groups is 2. The Balaban J connectivity index is 1.87. The van der Waals surface area contributed by atoms with Gasteiger partial charge in [0, 0.05) is 36.5 Å². The summed E-state index contributed by atoms with van der Waals surface area (Å²) in [4.78, 5) is 36.3. The normalized spacial score (nSPS) is 10.1. The molecule has 0 radical (unpaired) electrons. The third kappa shape index (κ3) is 5.53. The van der Waals surface area contributed by atoms with Gasteiger partial charge in [0.2, 0.25) is 5.91 Å². The predicted octanol–water partition coefficient (Wildman–Crippen LogP) is 2.44. The van der Waals surface area contributed by atoms with Crippen molar-refractivity contribution in [2.45, 2.75) is 20.3 Å². The molecule has 0 aliphatic carbocycles. The number of carbonyl (C=O) groups excluding carboxylic acids is 2. The first-order chi connectivity index (χ1) is 12.9. The summed E-state index contributed by atoms with van der Waals surface area (Å²) in [5, 5.41) is 10.6. The van der Waals surface area contributed by atoms with Crippen molar-refractivity contribution in [3.63, 3.8) is 0 Å². The summed E-state index contributed by atoms with van der Waals surface area (Å²) < 4.78 is 0. The maximum absolute atomic E-state index is 12.1. The molecule has 8 nitrogen and oxygen atoms in total. The van der Waals surface area contributed by atoms with Crippen LogP contribution in [0.15, 0.2) is 48.5 Å². The van der Waals surface area contributed by atoms with E-state index in [0.29, 0.717) is 11.1 Å². The van der Waals surface area contributed by atoms with Crippen LogP contribution in [0.5, 0.6) is 0 Å². The molecule has 2 amide bonds. The van der Waals surface area contributed by atoms with Crippen LogP contribution in [0.25, 0.3) is 0 Å². The second-order valence-corrected chi connectivity index (χ2v) is 5.82. The minimum atomic E-state index is -0.504. The minimum Gasteiger partial charge on any atom is -0.372 e. The Labute approximate surface area is 157 Å². The molecule has 2 N–H and O–H groups in total. The van der Waals surface area contributed by atoms with Gasteiger partial charge >= 0.3 is 0 Å². The van der Waals surface area contributed by atoms with Crippen LogP contribution in [-0.4, -0.2) is 29.8 Å². The first-order valence-corrected chi connectivity index (χ1v) is 8.62. The number of rotatable bonds is 7. The molecule has 2 rings (SSSR count). The highest BCUT2D eigenvalue weighted by atomic mass is 16.6. The molecule has 0 saturated carbocycles. The van der Waals surface area contributed by atoms with Crippen LogP contribution in [0.4, 0.5) is 11.4 Å². The van der Waals surface area contributed by atoms with E-state index in [-0.39, 0.29) is 12.1 Å². The number of anilines is 1. The van der Waals surface area contributed by atoms with Crippen LogP contribution >= 0.6 is 0 Å². The van der Waals surface area contributed by atoms with E-state index in [1.165, 1.54) is 24.3 Å². The van der Waals surface area contributed by atoms with E-state index in [9.17, 15) is 19.7 Å². The average molecular weight is 370 g/mol. The summed E-state index contributed by atoms with van der Waals surface area (Å²) in [6, 6.07) is 12.8. The Morgan fingerprint density at radius 2 is 1.56 bits per heavy atom. The van der Waals surface area contributed by atoms with Crippen molar-refractivity contribution in [1.82, 2.24) is 10.9 Å². The second-order valence-electron chi connectivity index (χ2n) is 5.82. The van der Waals surface area contributed by atoms with Gasteiger partial charge in [-0.25, -0.2) is 0 Å². The Kier molecular flexibility index (Phi) is 6.87. The summed E-state index contributed by atoms with van der Waals surface area (Å²) in [6.07, 6.45) is -0.000821. The number of hydrazine groups is 1. The molecular weight excluding hydrogens is 348 g/mol. The summed E-state index contributed by atoms with van der Waals surface area (Å²) in [5.41, 5.74) is 6.73. The first-order valence-electron chi connectivity index (χ1n) is 8.62. The molecule has 0 unspecified atom stereocenters. The fraction of sp³-hybridized carbons (Fsp3) is 0.263. The molecular formula is C19H22N4O4. The SMILES string of the molecule is CCN(CC)c1ccc(C(=O)NNC(=O)Cc2ccc([N+](=O)[O-])cc2)cc1. The molecule has 0 aliphatic heterocycles. The maximum atomic E-state index is 12.1. The summed E-state index contributed by atoms with van der Waals surface area (Å²) >= 11 is 0. The van der Waals surface area contributed by atoms with Crippen molar-refractivity contribution >= 4 is 23.2 Å². The number of nitrogens with one attached hydrogen (secondary N) is 2. The largest absolute Gasteiger partial charge is 0.372 e. The van der Waals surface area contributed by atoms with Gasteiger partial charge in [0.25, 0.3) is 11.6 Å². The van der Waals surface area contributed by atoms with Gasteiger partial charge in [-0.1, -0.05) is 12.1 Å². The summed E-state index contributed by atoms with van der Waals surface area (Å²) in [6.45, 7) is 5.87. The molecule has 27 heavy (non-hydrogen) atoms. The zero-order valence-electron chi connectivity index (χ0n) is 15.3. The van der Waals surface area contributed by atoms with Crippen LogP contribution < -0.4 is 15.8 Å². The van der Waals surface area contributed by atoms with Crippen molar-refractivity contribution < 1.29 is 14.5 Å². The van der Waals surface area contributed by atoms with E-state index < -0.39 is 16.7 Å².